The summed E-state index contributed by atoms with van der Waals surface area (Å²) in [5.41, 5.74) is 0.786. The zero-order valence-electron chi connectivity index (χ0n) is 10.9. The van der Waals surface area contributed by atoms with Gasteiger partial charge in [0, 0.05) is 18.0 Å². The first kappa shape index (κ1) is 13.9. The summed E-state index contributed by atoms with van der Waals surface area (Å²) in [7, 11) is 0. The van der Waals surface area contributed by atoms with Crippen molar-refractivity contribution in [1.29, 1.82) is 0 Å². The molecule has 0 spiro atoms. The minimum Gasteiger partial charge on any atom is -0.421 e. The van der Waals surface area contributed by atoms with Crippen molar-refractivity contribution in [2.45, 2.75) is 31.7 Å². The summed E-state index contributed by atoms with van der Waals surface area (Å²) in [6.07, 6.45) is 4.40. The van der Waals surface area contributed by atoms with E-state index in [2.05, 4.69) is 15.5 Å². The quantitative estimate of drug-likeness (QED) is 0.826. The van der Waals surface area contributed by atoms with Crippen LogP contribution in [0.2, 0.25) is 10.0 Å². The SMILES string of the molecule is Clc1ccc(-c2nnc(CCCNC3CC3)o2)cc1Cl. The first-order valence-corrected chi connectivity index (χ1v) is 7.49. The van der Waals surface area contributed by atoms with Crippen molar-refractivity contribution in [1.82, 2.24) is 15.5 Å². The van der Waals surface area contributed by atoms with E-state index in [1.54, 1.807) is 12.1 Å². The van der Waals surface area contributed by atoms with Gasteiger partial charge in [-0.3, -0.25) is 0 Å². The number of nitrogens with zero attached hydrogens (tertiary/aromatic N) is 2. The Bertz CT molecular complexity index is 596. The molecule has 20 heavy (non-hydrogen) atoms. The molecule has 1 saturated carbocycles. The lowest BCUT2D eigenvalue weighted by molar-refractivity contribution is 0.491. The van der Waals surface area contributed by atoms with Gasteiger partial charge in [-0.1, -0.05) is 23.2 Å². The molecule has 1 aromatic carbocycles. The number of rotatable bonds is 6. The van der Waals surface area contributed by atoms with E-state index in [0.717, 1.165) is 31.0 Å². The van der Waals surface area contributed by atoms with Gasteiger partial charge in [-0.2, -0.15) is 0 Å². The van der Waals surface area contributed by atoms with Crippen LogP contribution in [0.4, 0.5) is 0 Å². The second kappa shape index (κ2) is 6.12. The first-order chi connectivity index (χ1) is 9.72. The Labute approximate surface area is 127 Å². The van der Waals surface area contributed by atoms with Crippen molar-refractivity contribution in [3.8, 4) is 11.5 Å². The first-order valence-electron chi connectivity index (χ1n) is 6.73. The number of hydrogen-bond donors (Lipinski definition) is 1. The molecule has 2 aromatic rings. The Hall–Kier alpha value is -1.10. The molecule has 0 aliphatic heterocycles. The zero-order valence-corrected chi connectivity index (χ0v) is 12.4. The van der Waals surface area contributed by atoms with Gasteiger partial charge in [0.25, 0.3) is 0 Å². The van der Waals surface area contributed by atoms with Crippen LogP contribution in [0.25, 0.3) is 11.5 Å². The minimum atomic E-state index is 0.480. The summed E-state index contributed by atoms with van der Waals surface area (Å²) in [5.74, 6) is 1.14. The van der Waals surface area contributed by atoms with Gasteiger partial charge in [-0.25, -0.2) is 0 Å². The number of benzene rings is 1. The third-order valence-electron chi connectivity index (χ3n) is 3.21. The average molecular weight is 312 g/mol. The lowest BCUT2D eigenvalue weighted by Crippen LogP contribution is -2.17. The van der Waals surface area contributed by atoms with Crippen LogP contribution >= 0.6 is 23.2 Å². The van der Waals surface area contributed by atoms with Crippen molar-refractivity contribution in [2.75, 3.05) is 6.54 Å². The molecule has 106 valence electrons. The summed E-state index contributed by atoms with van der Waals surface area (Å²) in [4.78, 5) is 0. The number of hydrogen-bond acceptors (Lipinski definition) is 4. The van der Waals surface area contributed by atoms with Crippen molar-refractivity contribution < 1.29 is 4.42 Å². The smallest absolute Gasteiger partial charge is 0.247 e. The number of nitrogens with one attached hydrogen (secondary N) is 1. The normalized spacial score (nSPS) is 14.7. The highest BCUT2D eigenvalue weighted by atomic mass is 35.5. The van der Waals surface area contributed by atoms with E-state index in [4.69, 9.17) is 27.6 Å². The largest absolute Gasteiger partial charge is 0.421 e. The van der Waals surface area contributed by atoms with Crippen LogP contribution in [0.1, 0.15) is 25.2 Å². The van der Waals surface area contributed by atoms with Crippen LogP contribution in [0.15, 0.2) is 22.6 Å². The van der Waals surface area contributed by atoms with E-state index in [0.29, 0.717) is 21.8 Å². The molecule has 0 radical (unpaired) electrons. The molecule has 6 heteroatoms. The maximum absolute atomic E-state index is 5.98. The van der Waals surface area contributed by atoms with Gasteiger partial charge in [-0.05, 0) is 44.0 Å². The Morgan fingerprint density at radius 1 is 1.20 bits per heavy atom. The Morgan fingerprint density at radius 3 is 2.80 bits per heavy atom. The molecule has 3 rings (SSSR count). The van der Waals surface area contributed by atoms with Crippen LogP contribution in [0.5, 0.6) is 0 Å². The van der Waals surface area contributed by atoms with Gasteiger partial charge in [0.15, 0.2) is 0 Å². The fourth-order valence-corrected chi connectivity index (χ4v) is 2.23. The average Bonchev–Trinajstić information content (AvgIpc) is 3.15. The lowest BCUT2D eigenvalue weighted by atomic mass is 10.2. The maximum Gasteiger partial charge on any atom is 0.247 e. The molecule has 1 aliphatic rings. The number of aromatic nitrogens is 2. The second-order valence-electron chi connectivity index (χ2n) is 4.96. The van der Waals surface area contributed by atoms with E-state index >= 15 is 0 Å². The summed E-state index contributed by atoms with van der Waals surface area (Å²) >= 11 is 11.9. The molecule has 1 fully saturated rings. The monoisotopic (exact) mass is 311 g/mol. The highest BCUT2D eigenvalue weighted by Crippen LogP contribution is 2.27. The van der Waals surface area contributed by atoms with Gasteiger partial charge < -0.3 is 9.73 Å². The van der Waals surface area contributed by atoms with Gasteiger partial charge in [0.2, 0.25) is 11.8 Å². The highest BCUT2D eigenvalue weighted by molar-refractivity contribution is 6.42. The molecule has 4 nitrogen and oxygen atoms in total. The van der Waals surface area contributed by atoms with Gasteiger partial charge in [-0.15, -0.1) is 10.2 Å². The van der Waals surface area contributed by atoms with Crippen LogP contribution < -0.4 is 5.32 Å². The van der Waals surface area contributed by atoms with Gasteiger partial charge in [0.1, 0.15) is 0 Å². The molecule has 1 aromatic heterocycles. The predicted molar refractivity (Wildman–Crippen MR) is 79.1 cm³/mol. The maximum atomic E-state index is 5.98. The van der Waals surface area contributed by atoms with Gasteiger partial charge in [0.05, 0.1) is 10.0 Å². The Morgan fingerprint density at radius 2 is 2.05 bits per heavy atom. The van der Waals surface area contributed by atoms with Crippen LogP contribution in [-0.2, 0) is 6.42 Å². The molecule has 0 unspecified atom stereocenters. The van der Waals surface area contributed by atoms with E-state index in [9.17, 15) is 0 Å². The van der Waals surface area contributed by atoms with Crippen LogP contribution in [0.3, 0.4) is 0 Å². The van der Waals surface area contributed by atoms with E-state index in [-0.39, 0.29) is 0 Å². The van der Waals surface area contributed by atoms with Crippen molar-refractivity contribution >= 4 is 23.2 Å². The summed E-state index contributed by atoms with van der Waals surface area (Å²) in [6.45, 7) is 0.995. The summed E-state index contributed by atoms with van der Waals surface area (Å²) in [5, 5.41) is 12.6. The molecule has 0 bridgehead atoms. The molecule has 0 atom stereocenters. The van der Waals surface area contributed by atoms with E-state index in [1.807, 2.05) is 6.07 Å². The highest BCUT2D eigenvalue weighted by Gasteiger charge is 2.19. The molecule has 1 heterocycles. The minimum absolute atomic E-state index is 0.480. The third-order valence-corrected chi connectivity index (χ3v) is 3.95. The van der Waals surface area contributed by atoms with Crippen molar-refractivity contribution in [3.05, 3.63) is 34.1 Å². The number of halogens is 2. The molecular weight excluding hydrogens is 297 g/mol. The third kappa shape index (κ3) is 3.51. The van der Waals surface area contributed by atoms with Crippen LogP contribution in [0, 0.1) is 0 Å². The van der Waals surface area contributed by atoms with Crippen molar-refractivity contribution in [2.24, 2.45) is 0 Å². The van der Waals surface area contributed by atoms with Crippen LogP contribution in [-0.4, -0.2) is 22.8 Å². The molecule has 1 N–H and O–H groups in total. The fourth-order valence-electron chi connectivity index (χ4n) is 1.93. The molecule has 0 amide bonds. The standard InChI is InChI=1S/C14H15Cl2N3O/c15-11-6-3-9(8-12(11)16)14-19-18-13(20-14)2-1-7-17-10-4-5-10/h3,6,8,10,17H,1-2,4-5,7H2. The molecule has 0 saturated heterocycles. The van der Waals surface area contributed by atoms with Crippen molar-refractivity contribution in [3.63, 3.8) is 0 Å². The fraction of sp³-hybridized carbons (Fsp3) is 0.429. The topological polar surface area (TPSA) is 51.0 Å². The molecule has 1 aliphatic carbocycles. The number of aryl methyl sites for hydroxylation is 1. The summed E-state index contributed by atoms with van der Waals surface area (Å²) < 4.78 is 5.64. The summed E-state index contributed by atoms with van der Waals surface area (Å²) in [6, 6.07) is 6.02. The van der Waals surface area contributed by atoms with E-state index < -0.39 is 0 Å². The zero-order chi connectivity index (χ0) is 13.9. The Balaban J connectivity index is 1.58. The van der Waals surface area contributed by atoms with E-state index in [1.165, 1.54) is 12.8 Å². The lowest BCUT2D eigenvalue weighted by Gasteiger charge is -1.99. The van der Waals surface area contributed by atoms with Gasteiger partial charge >= 0.3 is 0 Å². The Kier molecular flexibility index (Phi) is 4.24. The predicted octanol–water partition coefficient (Wildman–Crippen LogP) is 3.73. The molecular formula is C14H15Cl2N3O. The second-order valence-corrected chi connectivity index (χ2v) is 5.78.